The Balaban J connectivity index is 2.05. The van der Waals surface area contributed by atoms with Crippen LogP contribution in [0.4, 0.5) is 0 Å². The minimum Gasteiger partial charge on any atom is -0.496 e. The molecule has 0 heterocycles. The van der Waals surface area contributed by atoms with E-state index < -0.39 is 0 Å². The highest BCUT2D eigenvalue weighted by Crippen LogP contribution is 2.25. The molecule has 0 radical (unpaired) electrons. The standard InChI is InChI=1S/C16H26N2O/c1-12-10-13(8-9-16(12)19-2)15(11-17)18-14-6-4-3-5-7-14/h8-10,14-15,18H,3-7,11,17H2,1-2H3. The maximum atomic E-state index is 5.95. The van der Waals surface area contributed by atoms with E-state index in [2.05, 4.69) is 24.4 Å². The Kier molecular flexibility index (Phi) is 5.23. The second-order valence-corrected chi connectivity index (χ2v) is 5.52. The van der Waals surface area contributed by atoms with Crippen molar-refractivity contribution in [1.29, 1.82) is 0 Å². The van der Waals surface area contributed by atoms with Gasteiger partial charge >= 0.3 is 0 Å². The molecule has 1 aromatic rings. The molecule has 0 aromatic heterocycles. The molecule has 3 heteroatoms. The second kappa shape index (κ2) is 6.92. The summed E-state index contributed by atoms with van der Waals surface area (Å²) in [5, 5.41) is 3.72. The summed E-state index contributed by atoms with van der Waals surface area (Å²) in [4.78, 5) is 0. The van der Waals surface area contributed by atoms with E-state index in [9.17, 15) is 0 Å². The zero-order valence-corrected chi connectivity index (χ0v) is 12.1. The van der Waals surface area contributed by atoms with Gasteiger partial charge in [0.05, 0.1) is 7.11 Å². The highest BCUT2D eigenvalue weighted by molar-refractivity contribution is 5.37. The van der Waals surface area contributed by atoms with E-state index in [4.69, 9.17) is 10.5 Å². The molecule has 1 fully saturated rings. The van der Waals surface area contributed by atoms with Crippen LogP contribution < -0.4 is 15.8 Å². The van der Waals surface area contributed by atoms with E-state index in [-0.39, 0.29) is 6.04 Å². The highest BCUT2D eigenvalue weighted by Gasteiger charge is 2.18. The fourth-order valence-electron chi connectivity index (χ4n) is 2.97. The van der Waals surface area contributed by atoms with Gasteiger partial charge in [0, 0.05) is 18.6 Å². The first-order chi connectivity index (χ1) is 9.24. The minimum atomic E-state index is 0.257. The molecule has 0 aliphatic heterocycles. The van der Waals surface area contributed by atoms with Crippen LogP contribution in [0.1, 0.15) is 49.3 Å². The van der Waals surface area contributed by atoms with E-state index >= 15 is 0 Å². The van der Waals surface area contributed by atoms with Gasteiger partial charge in [-0.3, -0.25) is 0 Å². The van der Waals surface area contributed by atoms with E-state index in [1.54, 1.807) is 7.11 Å². The number of ether oxygens (including phenoxy) is 1. The second-order valence-electron chi connectivity index (χ2n) is 5.52. The van der Waals surface area contributed by atoms with Crippen LogP contribution in [0.15, 0.2) is 18.2 Å². The zero-order valence-electron chi connectivity index (χ0n) is 12.1. The van der Waals surface area contributed by atoms with Crippen molar-refractivity contribution in [2.24, 2.45) is 5.73 Å². The molecule has 1 unspecified atom stereocenters. The maximum absolute atomic E-state index is 5.95. The summed E-state index contributed by atoms with van der Waals surface area (Å²) >= 11 is 0. The quantitative estimate of drug-likeness (QED) is 0.857. The average Bonchev–Trinajstić information content (AvgIpc) is 2.46. The normalized spacial score (nSPS) is 18.3. The van der Waals surface area contributed by atoms with Crippen molar-refractivity contribution in [3.63, 3.8) is 0 Å². The van der Waals surface area contributed by atoms with Gasteiger partial charge < -0.3 is 15.8 Å². The van der Waals surface area contributed by atoms with Crippen LogP contribution in [-0.4, -0.2) is 19.7 Å². The van der Waals surface area contributed by atoms with Gasteiger partial charge in [0.1, 0.15) is 5.75 Å². The summed E-state index contributed by atoms with van der Waals surface area (Å²) in [6.45, 7) is 2.72. The molecule has 0 amide bonds. The molecule has 1 atom stereocenters. The zero-order chi connectivity index (χ0) is 13.7. The topological polar surface area (TPSA) is 47.3 Å². The summed E-state index contributed by atoms with van der Waals surface area (Å²) in [5.41, 5.74) is 8.39. The van der Waals surface area contributed by atoms with Crippen LogP contribution in [0.25, 0.3) is 0 Å². The van der Waals surface area contributed by atoms with Crippen LogP contribution in [0, 0.1) is 6.92 Å². The van der Waals surface area contributed by atoms with Gasteiger partial charge in [-0.05, 0) is 37.0 Å². The van der Waals surface area contributed by atoms with Crippen LogP contribution in [0.2, 0.25) is 0 Å². The first kappa shape index (κ1) is 14.4. The fraction of sp³-hybridized carbons (Fsp3) is 0.625. The highest BCUT2D eigenvalue weighted by atomic mass is 16.5. The number of nitrogens with one attached hydrogen (secondary N) is 1. The van der Waals surface area contributed by atoms with Crippen LogP contribution in [0.3, 0.4) is 0 Å². The van der Waals surface area contributed by atoms with E-state index in [1.165, 1.54) is 43.2 Å². The van der Waals surface area contributed by atoms with Gasteiger partial charge in [-0.15, -0.1) is 0 Å². The molecule has 1 saturated carbocycles. The van der Waals surface area contributed by atoms with E-state index in [1.807, 2.05) is 6.07 Å². The predicted molar refractivity (Wildman–Crippen MR) is 79.5 cm³/mol. The van der Waals surface area contributed by atoms with Crippen molar-refractivity contribution in [3.05, 3.63) is 29.3 Å². The lowest BCUT2D eigenvalue weighted by Crippen LogP contribution is -2.37. The molecular formula is C16H26N2O. The number of benzene rings is 1. The molecular weight excluding hydrogens is 236 g/mol. The Morgan fingerprint density at radius 2 is 2.05 bits per heavy atom. The number of aryl methyl sites for hydroxylation is 1. The lowest BCUT2D eigenvalue weighted by Gasteiger charge is -2.28. The molecule has 0 saturated heterocycles. The third-order valence-electron chi connectivity index (χ3n) is 4.10. The third kappa shape index (κ3) is 3.71. The fourth-order valence-corrected chi connectivity index (χ4v) is 2.97. The number of rotatable bonds is 5. The van der Waals surface area contributed by atoms with Crippen molar-refractivity contribution in [2.75, 3.05) is 13.7 Å². The van der Waals surface area contributed by atoms with Gasteiger partial charge in [0.2, 0.25) is 0 Å². The Hall–Kier alpha value is -1.06. The van der Waals surface area contributed by atoms with Gasteiger partial charge in [-0.2, -0.15) is 0 Å². The Morgan fingerprint density at radius 3 is 2.63 bits per heavy atom. The molecule has 1 aliphatic rings. The SMILES string of the molecule is COc1ccc(C(CN)NC2CCCCC2)cc1C. The smallest absolute Gasteiger partial charge is 0.121 e. The molecule has 3 N–H and O–H groups in total. The van der Waals surface area contributed by atoms with Crippen LogP contribution >= 0.6 is 0 Å². The molecule has 0 bridgehead atoms. The Bertz CT molecular complexity index is 400. The predicted octanol–water partition coefficient (Wildman–Crippen LogP) is 2.93. The van der Waals surface area contributed by atoms with Crippen molar-refractivity contribution >= 4 is 0 Å². The average molecular weight is 262 g/mol. The molecule has 1 aliphatic carbocycles. The first-order valence-corrected chi connectivity index (χ1v) is 7.35. The Labute approximate surface area is 116 Å². The van der Waals surface area contributed by atoms with Crippen molar-refractivity contribution in [1.82, 2.24) is 5.32 Å². The summed E-state index contributed by atoms with van der Waals surface area (Å²) in [6.07, 6.45) is 6.64. The monoisotopic (exact) mass is 262 g/mol. The molecule has 1 aromatic carbocycles. The lowest BCUT2D eigenvalue weighted by molar-refractivity contribution is 0.340. The summed E-state index contributed by atoms with van der Waals surface area (Å²) in [6, 6.07) is 7.23. The van der Waals surface area contributed by atoms with E-state index in [0.29, 0.717) is 12.6 Å². The molecule has 3 nitrogen and oxygen atoms in total. The largest absolute Gasteiger partial charge is 0.496 e. The van der Waals surface area contributed by atoms with Crippen molar-refractivity contribution in [3.8, 4) is 5.75 Å². The number of hydrogen-bond acceptors (Lipinski definition) is 3. The summed E-state index contributed by atoms with van der Waals surface area (Å²) < 4.78 is 5.31. The lowest BCUT2D eigenvalue weighted by atomic mass is 9.93. The molecule has 106 valence electrons. The van der Waals surface area contributed by atoms with Gasteiger partial charge in [-0.25, -0.2) is 0 Å². The molecule has 0 spiro atoms. The molecule has 2 rings (SSSR count). The number of methoxy groups -OCH3 is 1. The maximum Gasteiger partial charge on any atom is 0.121 e. The van der Waals surface area contributed by atoms with Gasteiger partial charge in [0.25, 0.3) is 0 Å². The van der Waals surface area contributed by atoms with Crippen LogP contribution in [0.5, 0.6) is 5.75 Å². The first-order valence-electron chi connectivity index (χ1n) is 7.35. The van der Waals surface area contributed by atoms with Crippen molar-refractivity contribution < 1.29 is 4.74 Å². The Morgan fingerprint density at radius 1 is 1.32 bits per heavy atom. The van der Waals surface area contributed by atoms with Crippen molar-refractivity contribution in [2.45, 2.75) is 51.1 Å². The molecule has 19 heavy (non-hydrogen) atoms. The number of nitrogens with two attached hydrogens (primary N) is 1. The summed E-state index contributed by atoms with van der Waals surface area (Å²) in [7, 11) is 1.71. The van der Waals surface area contributed by atoms with Gasteiger partial charge in [-0.1, -0.05) is 31.4 Å². The third-order valence-corrected chi connectivity index (χ3v) is 4.10. The van der Waals surface area contributed by atoms with E-state index in [0.717, 1.165) is 5.75 Å². The number of hydrogen-bond donors (Lipinski definition) is 2. The van der Waals surface area contributed by atoms with Gasteiger partial charge in [0.15, 0.2) is 0 Å². The summed E-state index contributed by atoms with van der Waals surface area (Å²) in [5.74, 6) is 0.942. The van der Waals surface area contributed by atoms with Crippen LogP contribution in [-0.2, 0) is 0 Å². The minimum absolute atomic E-state index is 0.257.